The molecule has 0 fully saturated rings. The first kappa shape index (κ1) is 18.5. The van der Waals surface area contributed by atoms with Crippen molar-refractivity contribution in [2.45, 2.75) is 12.6 Å². The Kier molecular flexibility index (Phi) is 4.90. The molecule has 2 aromatic carbocycles. The van der Waals surface area contributed by atoms with Gasteiger partial charge in [0.05, 0.1) is 55.4 Å². The van der Waals surface area contributed by atoms with Crippen molar-refractivity contribution in [3.05, 3.63) is 71.7 Å². The Balaban J connectivity index is 1.81. The molecule has 2 heterocycles. The first-order valence-corrected chi connectivity index (χ1v) is 9.03. The molecule has 148 valence electrons. The molecule has 29 heavy (non-hydrogen) atoms. The number of carbonyl (C=O) groups excluding carboxylic acids is 2. The monoisotopic (exact) mass is 392 g/mol. The molecule has 1 unspecified atom stereocenters. The van der Waals surface area contributed by atoms with E-state index in [0.717, 1.165) is 11.0 Å². The van der Waals surface area contributed by atoms with Crippen LogP contribution < -0.4 is 15.4 Å². The number of allylic oxidation sites excluding steroid dienone is 1. The second-order valence-electron chi connectivity index (χ2n) is 6.55. The predicted octanol–water partition coefficient (Wildman–Crippen LogP) is 2.53. The van der Waals surface area contributed by atoms with Crippen LogP contribution in [0.3, 0.4) is 0 Å². The van der Waals surface area contributed by atoms with Gasteiger partial charge in [0.2, 0.25) is 0 Å². The molecule has 1 aliphatic heterocycles. The second-order valence-corrected chi connectivity index (χ2v) is 6.55. The summed E-state index contributed by atoms with van der Waals surface area (Å²) in [5.74, 6) is 0.103. The van der Waals surface area contributed by atoms with E-state index in [1.807, 2.05) is 34.9 Å². The standard InChI is InChI=1S/C21H20N4O4/c1-28-14-7-5-6-13(10-14)19-18(20(26)29-2)16(23-21(27)24-19)11-25-12-22-15-8-3-4-9-17(15)25/h3-10,12,19H,11H2,1-2H3,(H2,23,24,27). The van der Waals surface area contributed by atoms with Gasteiger partial charge < -0.3 is 24.7 Å². The van der Waals surface area contributed by atoms with E-state index >= 15 is 0 Å². The fourth-order valence-corrected chi connectivity index (χ4v) is 3.47. The van der Waals surface area contributed by atoms with Gasteiger partial charge in [-0.3, -0.25) is 0 Å². The lowest BCUT2D eigenvalue weighted by Crippen LogP contribution is -2.46. The number of ether oxygens (including phenoxy) is 2. The molecule has 0 aliphatic carbocycles. The summed E-state index contributed by atoms with van der Waals surface area (Å²) >= 11 is 0. The minimum Gasteiger partial charge on any atom is -0.497 e. The summed E-state index contributed by atoms with van der Waals surface area (Å²) in [5.41, 5.74) is 3.23. The average molecular weight is 392 g/mol. The predicted molar refractivity (Wildman–Crippen MR) is 106 cm³/mol. The highest BCUT2D eigenvalue weighted by Crippen LogP contribution is 2.30. The molecule has 1 aromatic heterocycles. The third-order valence-electron chi connectivity index (χ3n) is 4.84. The number of amides is 2. The number of imidazole rings is 1. The van der Waals surface area contributed by atoms with E-state index in [1.54, 1.807) is 31.6 Å². The minimum atomic E-state index is -0.670. The molecule has 0 saturated carbocycles. The Bertz CT molecular complexity index is 1120. The molecule has 1 aliphatic rings. The van der Waals surface area contributed by atoms with Crippen LogP contribution in [0.25, 0.3) is 11.0 Å². The highest BCUT2D eigenvalue weighted by Gasteiger charge is 2.33. The summed E-state index contributed by atoms with van der Waals surface area (Å²) in [6.45, 7) is 0.263. The topological polar surface area (TPSA) is 94.5 Å². The quantitative estimate of drug-likeness (QED) is 0.651. The van der Waals surface area contributed by atoms with E-state index in [2.05, 4.69) is 15.6 Å². The van der Waals surface area contributed by atoms with Gasteiger partial charge in [0.25, 0.3) is 0 Å². The first-order valence-electron chi connectivity index (χ1n) is 9.03. The number of urea groups is 1. The van der Waals surface area contributed by atoms with E-state index in [4.69, 9.17) is 9.47 Å². The Morgan fingerprint density at radius 3 is 2.79 bits per heavy atom. The summed E-state index contributed by atoms with van der Waals surface area (Å²) in [5, 5.41) is 5.57. The number of methoxy groups -OCH3 is 2. The molecule has 4 rings (SSSR count). The molecule has 0 spiro atoms. The average Bonchev–Trinajstić information content (AvgIpc) is 3.16. The fourth-order valence-electron chi connectivity index (χ4n) is 3.47. The van der Waals surface area contributed by atoms with Crippen molar-refractivity contribution in [3.63, 3.8) is 0 Å². The van der Waals surface area contributed by atoms with Crippen molar-refractivity contribution in [2.24, 2.45) is 0 Å². The number of benzene rings is 2. The Labute approximate surface area is 167 Å². The molecule has 0 bridgehead atoms. The number of hydrogen-bond acceptors (Lipinski definition) is 5. The lowest BCUT2D eigenvalue weighted by atomic mass is 9.95. The number of carbonyl (C=O) groups is 2. The number of esters is 1. The summed E-state index contributed by atoms with van der Waals surface area (Å²) in [6.07, 6.45) is 1.68. The first-order chi connectivity index (χ1) is 14.1. The number of hydrogen-bond donors (Lipinski definition) is 2. The number of fused-ring (bicyclic) bond motifs is 1. The van der Waals surface area contributed by atoms with Gasteiger partial charge in [0.15, 0.2) is 0 Å². The molecular formula is C21H20N4O4. The zero-order valence-corrected chi connectivity index (χ0v) is 16.0. The molecule has 3 aromatic rings. The molecule has 2 N–H and O–H groups in total. The number of rotatable bonds is 5. The zero-order valence-electron chi connectivity index (χ0n) is 16.0. The molecule has 8 nitrogen and oxygen atoms in total. The zero-order chi connectivity index (χ0) is 20.4. The van der Waals surface area contributed by atoms with Gasteiger partial charge in [-0.2, -0.15) is 0 Å². The highest BCUT2D eigenvalue weighted by atomic mass is 16.5. The number of aromatic nitrogens is 2. The fraction of sp³-hybridized carbons (Fsp3) is 0.190. The summed E-state index contributed by atoms with van der Waals surface area (Å²) < 4.78 is 12.2. The molecular weight excluding hydrogens is 372 g/mol. The SMILES string of the molecule is COC(=O)C1=C(Cn2cnc3ccccc32)NC(=O)NC1c1cccc(OC)c1. The summed E-state index contributed by atoms with van der Waals surface area (Å²) in [6, 6.07) is 13.8. The van der Waals surface area contributed by atoms with E-state index in [9.17, 15) is 9.59 Å². The normalized spacial score (nSPS) is 16.3. The lowest BCUT2D eigenvalue weighted by molar-refractivity contribution is -0.136. The van der Waals surface area contributed by atoms with Crippen LogP contribution in [-0.2, 0) is 16.1 Å². The Morgan fingerprint density at radius 1 is 1.17 bits per heavy atom. The lowest BCUT2D eigenvalue weighted by Gasteiger charge is -2.29. The summed E-state index contributed by atoms with van der Waals surface area (Å²) in [7, 11) is 2.88. The number of nitrogens with zero attached hydrogens (tertiary/aromatic N) is 2. The van der Waals surface area contributed by atoms with Crippen LogP contribution in [0.4, 0.5) is 4.79 Å². The number of para-hydroxylation sites is 2. The Hall–Kier alpha value is -3.81. The van der Waals surface area contributed by atoms with Gasteiger partial charge in [0.1, 0.15) is 5.75 Å². The van der Waals surface area contributed by atoms with E-state index < -0.39 is 18.0 Å². The maximum Gasteiger partial charge on any atom is 0.338 e. The van der Waals surface area contributed by atoms with Gasteiger partial charge in [-0.25, -0.2) is 14.6 Å². The summed E-state index contributed by atoms with van der Waals surface area (Å²) in [4.78, 5) is 29.5. The van der Waals surface area contributed by atoms with Crippen LogP contribution in [-0.4, -0.2) is 35.8 Å². The van der Waals surface area contributed by atoms with E-state index in [1.165, 1.54) is 7.11 Å². The van der Waals surface area contributed by atoms with Gasteiger partial charge in [0, 0.05) is 0 Å². The molecule has 1 atom stereocenters. The van der Waals surface area contributed by atoms with Crippen LogP contribution in [0.5, 0.6) is 5.75 Å². The molecule has 0 saturated heterocycles. The number of nitrogens with one attached hydrogen (secondary N) is 2. The van der Waals surface area contributed by atoms with Gasteiger partial charge in [-0.15, -0.1) is 0 Å². The van der Waals surface area contributed by atoms with Crippen LogP contribution in [0.15, 0.2) is 66.1 Å². The molecule has 8 heteroatoms. The third kappa shape index (κ3) is 3.52. The minimum absolute atomic E-state index is 0.263. The van der Waals surface area contributed by atoms with Gasteiger partial charge >= 0.3 is 12.0 Å². The van der Waals surface area contributed by atoms with Crippen molar-refractivity contribution >= 4 is 23.0 Å². The van der Waals surface area contributed by atoms with Crippen molar-refractivity contribution in [1.29, 1.82) is 0 Å². The van der Waals surface area contributed by atoms with Crippen LogP contribution in [0.1, 0.15) is 11.6 Å². The largest absolute Gasteiger partial charge is 0.497 e. The molecule has 2 amide bonds. The third-order valence-corrected chi connectivity index (χ3v) is 4.84. The van der Waals surface area contributed by atoms with E-state index in [-0.39, 0.29) is 6.54 Å². The van der Waals surface area contributed by atoms with Crippen LogP contribution >= 0.6 is 0 Å². The van der Waals surface area contributed by atoms with Crippen LogP contribution in [0.2, 0.25) is 0 Å². The molecule has 0 radical (unpaired) electrons. The van der Waals surface area contributed by atoms with Crippen molar-refractivity contribution in [3.8, 4) is 5.75 Å². The van der Waals surface area contributed by atoms with Crippen LogP contribution in [0, 0.1) is 0 Å². The maximum absolute atomic E-state index is 12.7. The van der Waals surface area contributed by atoms with Gasteiger partial charge in [-0.05, 0) is 29.8 Å². The van der Waals surface area contributed by atoms with Crippen molar-refractivity contribution in [2.75, 3.05) is 14.2 Å². The Morgan fingerprint density at radius 2 is 2.00 bits per heavy atom. The maximum atomic E-state index is 12.7. The smallest absolute Gasteiger partial charge is 0.338 e. The van der Waals surface area contributed by atoms with Crippen molar-refractivity contribution in [1.82, 2.24) is 20.2 Å². The highest BCUT2D eigenvalue weighted by molar-refractivity contribution is 5.95. The van der Waals surface area contributed by atoms with E-state index in [0.29, 0.717) is 22.6 Å². The van der Waals surface area contributed by atoms with Crippen molar-refractivity contribution < 1.29 is 19.1 Å². The van der Waals surface area contributed by atoms with Gasteiger partial charge in [-0.1, -0.05) is 24.3 Å². The second kappa shape index (κ2) is 7.67.